The normalized spacial score (nSPS) is 18.0. The van der Waals surface area contributed by atoms with Crippen molar-refractivity contribution in [1.82, 2.24) is 15.1 Å². The van der Waals surface area contributed by atoms with Crippen molar-refractivity contribution in [3.8, 4) is 0 Å². The van der Waals surface area contributed by atoms with Gasteiger partial charge in [-0.05, 0) is 13.3 Å². The fourth-order valence-corrected chi connectivity index (χ4v) is 1.90. The Morgan fingerprint density at radius 3 is 2.56 bits per heavy atom. The molecule has 1 aliphatic heterocycles. The minimum Gasteiger partial charge on any atom is -0.355 e. The highest BCUT2D eigenvalue weighted by atomic mass is 16.2. The molecule has 0 atom stereocenters. The van der Waals surface area contributed by atoms with Crippen LogP contribution in [0.3, 0.4) is 0 Å². The van der Waals surface area contributed by atoms with E-state index < -0.39 is 0 Å². The van der Waals surface area contributed by atoms with Crippen LogP contribution < -0.4 is 5.32 Å². The Labute approximate surface area is 96.8 Å². The molecular formula is C11H21N3O2. The minimum absolute atomic E-state index is 0.0683. The Bertz CT molecular complexity index is 256. The third-order valence-electron chi connectivity index (χ3n) is 2.78. The highest BCUT2D eigenvalue weighted by Gasteiger charge is 2.17. The molecule has 16 heavy (non-hydrogen) atoms. The molecule has 5 heteroatoms. The monoisotopic (exact) mass is 227 g/mol. The van der Waals surface area contributed by atoms with Gasteiger partial charge in [-0.2, -0.15) is 0 Å². The smallest absolute Gasteiger partial charge is 0.234 e. The molecule has 1 fully saturated rings. The Morgan fingerprint density at radius 2 is 1.94 bits per heavy atom. The summed E-state index contributed by atoms with van der Waals surface area (Å²) in [6, 6.07) is 0. The summed E-state index contributed by atoms with van der Waals surface area (Å²) in [6.45, 7) is 7.84. The second kappa shape index (κ2) is 6.48. The third kappa shape index (κ3) is 4.18. The first-order valence-corrected chi connectivity index (χ1v) is 5.88. The highest BCUT2D eigenvalue weighted by Crippen LogP contribution is 2.02. The van der Waals surface area contributed by atoms with Crippen LogP contribution in [0.1, 0.15) is 20.3 Å². The number of rotatable bonds is 3. The maximum absolute atomic E-state index is 11.4. The van der Waals surface area contributed by atoms with Gasteiger partial charge in [-0.25, -0.2) is 0 Å². The Kier molecular flexibility index (Phi) is 5.25. The molecule has 1 N–H and O–H groups in total. The molecule has 0 unspecified atom stereocenters. The predicted octanol–water partition coefficient (Wildman–Crippen LogP) is -0.323. The van der Waals surface area contributed by atoms with E-state index in [0.717, 1.165) is 32.6 Å². The van der Waals surface area contributed by atoms with Gasteiger partial charge in [0.1, 0.15) is 0 Å². The molecule has 5 nitrogen and oxygen atoms in total. The topological polar surface area (TPSA) is 52.7 Å². The second-order valence-electron chi connectivity index (χ2n) is 4.09. The molecule has 0 bridgehead atoms. The number of nitrogens with one attached hydrogen (secondary N) is 1. The minimum atomic E-state index is 0.0683. The van der Waals surface area contributed by atoms with Crippen molar-refractivity contribution in [3.63, 3.8) is 0 Å². The van der Waals surface area contributed by atoms with Crippen molar-refractivity contribution >= 4 is 11.8 Å². The van der Waals surface area contributed by atoms with Crippen molar-refractivity contribution in [2.75, 3.05) is 39.3 Å². The van der Waals surface area contributed by atoms with Gasteiger partial charge in [-0.3, -0.25) is 14.5 Å². The largest absolute Gasteiger partial charge is 0.355 e. The molecule has 0 aliphatic carbocycles. The summed E-state index contributed by atoms with van der Waals surface area (Å²) < 4.78 is 0. The van der Waals surface area contributed by atoms with E-state index in [2.05, 4.69) is 10.2 Å². The first-order valence-electron chi connectivity index (χ1n) is 5.88. The van der Waals surface area contributed by atoms with E-state index >= 15 is 0 Å². The van der Waals surface area contributed by atoms with Crippen LogP contribution in [0, 0.1) is 0 Å². The number of hydrogen-bond donors (Lipinski definition) is 1. The molecule has 0 aromatic carbocycles. The molecule has 0 radical (unpaired) electrons. The first kappa shape index (κ1) is 13.0. The molecule has 0 aromatic heterocycles. The molecular weight excluding hydrogens is 206 g/mol. The summed E-state index contributed by atoms with van der Waals surface area (Å²) in [5.41, 5.74) is 0. The van der Waals surface area contributed by atoms with E-state index in [1.807, 2.05) is 11.8 Å². The van der Waals surface area contributed by atoms with Crippen molar-refractivity contribution in [1.29, 1.82) is 0 Å². The molecule has 0 aromatic rings. The van der Waals surface area contributed by atoms with Gasteiger partial charge in [0.2, 0.25) is 11.8 Å². The maximum atomic E-state index is 11.4. The van der Waals surface area contributed by atoms with Crippen LogP contribution in [-0.4, -0.2) is 60.9 Å². The summed E-state index contributed by atoms with van der Waals surface area (Å²) in [6.07, 6.45) is 0.943. The lowest BCUT2D eigenvalue weighted by molar-refractivity contribution is -0.128. The summed E-state index contributed by atoms with van der Waals surface area (Å²) in [5.74, 6) is 0.193. The van der Waals surface area contributed by atoms with Gasteiger partial charge in [-0.1, -0.05) is 0 Å². The van der Waals surface area contributed by atoms with E-state index in [0.29, 0.717) is 13.1 Å². The standard InChI is InChI=1S/C11H21N3O2/c1-3-12-11(16)9-13-5-4-6-14(8-7-13)10(2)15/h3-9H2,1-2H3,(H,12,16). The number of carbonyl (C=O) groups is 2. The highest BCUT2D eigenvalue weighted by molar-refractivity contribution is 5.78. The Morgan fingerprint density at radius 1 is 1.19 bits per heavy atom. The average Bonchev–Trinajstić information content (AvgIpc) is 2.43. The lowest BCUT2D eigenvalue weighted by Crippen LogP contribution is -2.39. The van der Waals surface area contributed by atoms with Gasteiger partial charge in [0.25, 0.3) is 0 Å². The zero-order valence-corrected chi connectivity index (χ0v) is 10.2. The Hall–Kier alpha value is -1.10. The van der Waals surface area contributed by atoms with Gasteiger partial charge in [-0.15, -0.1) is 0 Å². The summed E-state index contributed by atoms with van der Waals surface area (Å²) in [5, 5.41) is 2.79. The first-order chi connectivity index (χ1) is 7.63. The van der Waals surface area contributed by atoms with Gasteiger partial charge < -0.3 is 10.2 Å². The summed E-state index contributed by atoms with van der Waals surface area (Å²) in [7, 11) is 0. The van der Waals surface area contributed by atoms with Gasteiger partial charge in [0, 0.05) is 39.6 Å². The van der Waals surface area contributed by atoms with E-state index in [9.17, 15) is 9.59 Å². The van der Waals surface area contributed by atoms with E-state index in [1.165, 1.54) is 0 Å². The molecule has 1 rings (SSSR count). The van der Waals surface area contributed by atoms with E-state index in [4.69, 9.17) is 0 Å². The number of hydrogen-bond acceptors (Lipinski definition) is 3. The predicted molar refractivity (Wildman–Crippen MR) is 62.0 cm³/mol. The number of carbonyl (C=O) groups excluding carboxylic acids is 2. The molecule has 1 heterocycles. The van der Waals surface area contributed by atoms with Crippen LogP contribution in [0.4, 0.5) is 0 Å². The van der Waals surface area contributed by atoms with Crippen LogP contribution >= 0.6 is 0 Å². The number of amides is 2. The molecule has 2 amide bonds. The van der Waals surface area contributed by atoms with Gasteiger partial charge in [0.05, 0.1) is 6.54 Å². The summed E-state index contributed by atoms with van der Waals surface area (Å²) in [4.78, 5) is 26.6. The van der Waals surface area contributed by atoms with Crippen LogP contribution in [0.25, 0.3) is 0 Å². The van der Waals surface area contributed by atoms with Crippen LogP contribution in [-0.2, 0) is 9.59 Å². The Balaban J connectivity index is 2.35. The number of nitrogens with zero attached hydrogens (tertiary/aromatic N) is 2. The van der Waals surface area contributed by atoms with Gasteiger partial charge >= 0.3 is 0 Å². The molecule has 0 saturated carbocycles. The maximum Gasteiger partial charge on any atom is 0.234 e. The quantitative estimate of drug-likeness (QED) is 0.719. The molecule has 92 valence electrons. The SMILES string of the molecule is CCNC(=O)CN1CCCN(C(C)=O)CC1. The molecule has 0 spiro atoms. The lowest BCUT2D eigenvalue weighted by atomic mass is 10.3. The molecule has 1 aliphatic rings. The second-order valence-corrected chi connectivity index (χ2v) is 4.09. The average molecular weight is 227 g/mol. The third-order valence-corrected chi connectivity index (χ3v) is 2.78. The van der Waals surface area contributed by atoms with Crippen LogP contribution in [0.5, 0.6) is 0 Å². The van der Waals surface area contributed by atoms with Gasteiger partial charge in [0.15, 0.2) is 0 Å². The van der Waals surface area contributed by atoms with Crippen molar-refractivity contribution < 1.29 is 9.59 Å². The number of likely N-dealkylation sites (N-methyl/N-ethyl adjacent to an activating group) is 1. The zero-order valence-electron chi connectivity index (χ0n) is 10.2. The van der Waals surface area contributed by atoms with Crippen LogP contribution in [0.15, 0.2) is 0 Å². The molecule has 1 saturated heterocycles. The van der Waals surface area contributed by atoms with Crippen molar-refractivity contribution in [3.05, 3.63) is 0 Å². The van der Waals surface area contributed by atoms with Crippen molar-refractivity contribution in [2.24, 2.45) is 0 Å². The lowest BCUT2D eigenvalue weighted by Gasteiger charge is -2.20. The summed E-state index contributed by atoms with van der Waals surface area (Å²) >= 11 is 0. The fraction of sp³-hybridized carbons (Fsp3) is 0.818. The van der Waals surface area contributed by atoms with Crippen LogP contribution in [0.2, 0.25) is 0 Å². The van der Waals surface area contributed by atoms with E-state index in [-0.39, 0.29) is 11.8 Å². The fourth-order valence-electron chi connectivity index (χ4n) is 1.90. The van der Waals surface area contributed by atoms with Crippen molar-refractivity contribution in [2.45, 2.75) is 20.3 Å². The zero-order chi connectivity index (χ0) is 12.0. The van der Waals surface area contributed by atoms with E-state index in [1.54, 1.807) is 6.92 Å².